The number of aryl methyl sites for hydroxylation is 2. The molecule has 0 atom stereocenters. The fourth-order valence-electron chi connectivity index (χ4n) is 2.31. The first-order valence-corrected chi connectivity index (χ1v) is 6.95. The van der Waals surface area contributed by atoms with Gasteiger partial charge in [0.25, 0.3) is 0 Å². The first-order chi connectivity index (χ1) is 9.11. The molecule has 1 aliphatic rings. The van der Waals surface area contributed by atoms with Gasteiger partial charge in [0.05, 0.1) is 12.2 Å². The predicted octanol–water partition coefficient (Wildman–Crippen LogP) is 1.54. The summed E-state index contributed by atoms with van der Waals surface area (Å²) in [7, 11) is 0. The minimum absolute atomic E-state index is 0.194. The number of anilines is 1. The molecule has 0 unspecified atom stereocenters. The van der Waals surface area contributed by atoms with Crippen LogP contribution in [0.25, 0.3) is 0 Å². The van der Waals surface area contributed by atoms with Crippen LogP contribution < -0.4 is 4.90 Å². The van der Waals surface area contributed by atoms with Crippen LogP contribution in [-0.4, -0.2) is 47.2 Å². The lowest BCUT2D eigenvalue weighted by Gasteiger charge is -2.22. The zero-order chi connectivity index (χ0) is 13.8. The second-order valence-electron chi connectivity index (χ2n) is 5.13. The Morgan fingerprint density at radius 3 is 2.74 bits per heavy atom. The Morgan fingerprint density at radius 2 is 2.05 bits per heavy atom. The second-order valence-corrected chi connectivity index (χ2v) is 5.13. The Hall–Kier alpha value is -1.65. The lowest BCUT2D eigenvalue weighted by Crippen LogP contribution is -2.37. The van der Waals surface area contributed by atoms with Crippen LogP contribution in [0.3, 0.4) is 0 Å². The SMILES string of the molecule is CCCN1CCCN(c2cc(C)c(C)nn2)CC1=O. The van der Waals surface area contributed by atoms with E-state index in [-0.39, 0.29) is 5.91 Å². The highest BCUT2D eigenvalue weighted by Gasteiger charge is 2.22. The number of nitrogens with zero attached hydrogens (tertiary/aromatic N) is 4. The van der Waals surface area contributed by atoms with Crippen molar-refractivity contribution >= 4 is 11.7 Å². The van der Waals surface area contributed by atoms with Gasteiger partial charge >= 0.3 is 0 Å². The molecular weight excluding hydrogens is 240 g/mol. The maximum absolute atomic E-state index is 12.2. The molecule has 1 aromatic heterocycles. The zero-order valence-electron chi connectivity index (χ0n) is 12.0. The van der Waals surface area contributed by atoms with Gasteiger partial charge in [0.15, 0.2) is 5.82 Å². The molecular formula is C14H22N4O. The molecule has 0 spiro atoms. The van der Waals surface area contributed by atoms with E-state index >= 15 is 0 Å². The van der Waals surface area contributed by atoms with E-state index in [9.17, 15) is 4.79 Å². The van der Waals surface area contributed by atoms with Crippen LogP contribution in [0, 0.1) is 13.8 Å². The van der Waals surface area contributed by atoms with Gasteiger partial charge in [-0.15, -0.1) is 5.10 Å². The molecule has 1 amide bonds. The summed E-state index contributed by atoms with van der Waals surface area (Å²) >= 11 is 0. The van der Waals surface area contributed by atoms with E-state index in [1.807, 2.05) is 29.7 Å². The summed E-state index contributed by atoms with van der Waals surface area (Å²) in [6.45, 7) is 9.05. The first kappa shape index (κ1) is 13.8. The predicted molar refractivity (Wildman–Crippen MR) is 75.2 cm³/mol. The summed E-state index contributed by atoms with van der Waals surface area (Å²) in [6.07, 6.45) is 2.00. The molecule has 0 bridgehead atoms. The Labute approximate surface area is 114 Å². The second kappa shape index (κ2) is 5.99. The van der Waals surface area contributed by atoms with Gasteiger partial charge in [-0.2, -0.15) is 5.10 Å². The number of aromatic nitrogens is 2. The number of amides is 1. The summed E-state index contributed by atoms with van der Waals surface area (Å²) in [5.74, 6) is 1.01. The Balaban J connectivity index is 2.13. The van der Waals surface area contributed by atoms with E-state index in [4.69, 9.17) is 0 Å². The summed E-state index contributed by atoms with van der Waals surface area (Å²) in [5.41, 5.74) is 2.06. The van der Waals surface area contributed by atoms with E-state index in [1.54, 1.807) is 0 Å². The van der Waals surface area contributed by atoms with Crippen LogP contribution in [0.4, 0.5) is 5.82 Å². The van der Waals surface area contributed by atoms with E-state index < -0.39 is 0 Å². The van der Waals surface area contributed by atoms with Gasteiger partial charge < -0.3 is 9.80 Å². The first-order valence-electron chi connectivity index (χ1n) is 6.95. The average molecular weight is 262 g/mol. The van der Waals surface area contributed by atoms with E-state index in [2.05, 4.69) is 17.1 Å². The van der Waals surface area contributed by atoms with Gasteiger partial charge in [-0.1, -0.05) is 6.92 Å². The van der Waals surface area contributed by atoms with Crippen molar-refractivity contribution in [3.8, 4) is 0 Å². The fourth-order valence-corrected chi connectivity index (χ4v) is 2.31. The van der Waals surface area contributed by atoms with Crippen LogP contribution in [0.1, 0.15) is 31.0 Å². The molecule has 5 heteroatoms. The Bertz CT molecular complexity index is 461. The fraction of sp³-hybridized carbons (Fsp3) is 0.643. The normalized spacial score (nSPS) is 16.7. The molecule has 1 aromatic rings. The number of rotatable bonds is 3. The van der Waals surface area contributed by atoms with Crippen molar-refractivity contribution in [1.29, 1.82) is 0 Å². The third-order valence-electron chi connectivity index (χ3n) is 3.57. The maximum atomic E-state index is 12.2. The number of hydrogen-bond acceptors (Lipinski definition) is 4. The van der Waals surface area contributed by atoms with Crippen LogP contribution >= 0.6 is 0 Å². The Kier molecular flexibility index (Phi) is 4.35. The van der Waals surface area contributed by atoms with Gasteiger partial charge in [-0.3, -0.25) is 4.79 Å². The van der Waals surface area contributed by atoms with Gasteiger partial charge in [0, 0.05) is 19.6 Å². The zero-order valence-corrected chi connectivity index (χ0v) is 12.0. The summed E-state index contributed by atoms with van der Waals surface area (Å²) in [4.78, 5) is 16.2. The smallest absolute Gasteiger partial charge is 0.242 e. The third kappa shape index (κ3) is 3.22. The molecule has 0 aliphatic carbocycles. The molecule has 0 radical (unpaired) electrons. The van der Waals surface area contributed by atoms with E-state index in [0.717, 1.165) is 49.6 Å². The minimum atomic E-state index is 0.194. The number of carbonyl (C=O) groups excluding carboxylic acids is 1. The molecule has 1 fully saturated rings. The van der Waals surface area contributed by atoms with Gasteiger partial charge in [0.2, 0.25) is 5.91 Å². The number of hydrogen-bond donors (Lipinski definition) is 0. The highest BCUT2D eigenvalue weighted by atomic mass is 16.2. The van der Waals surface area contributed by atoms with Gasteiger partial charge in [-0.05, 0) is 38.3 Å². The third-order valence-corrected chi connectivity index (χ3v) is 3.57. The van der Waals surface area contributed by atoms with Crippen molar-refractivity contribution in [1.82, 2.24) is 15.1 Å². The van der Waals surface area contributed by atoms with Crippen LogP contribution in [0.5, 0.6) is 0 Å². The molecule has 0 saturated carbocycles. The molecule has 19 heavy (non-hydrogen) atoms. The highest BCUT2D eigenvalue weighted by Crippen LogP contribution is 2.16. The average Bonchev–Trinajstić information content (AvgIpc) is 2.56. The quantitative estimate of drug-likeness (QED) is 0.829. The molecule has 0 N–H and O–H groups in total. The summed E-state index contributed by atoms with van der Waals surface area (Å²) < 4.78 is 0. The molecule has 2 rings (SSSR count). The van der Waals surface area contributed by atoms with Crippen molar-refractivity contribution in [2.24, 2.45) is 0 Å². The molecule has 2 heterocycles. The van der Waals surface area contributed by atoms with E-state index in [0.29, 0.717) is 6.54 Å². The standard InChI is InChI=1S/C14H22N4O/c1-4-6-17-7-5-8-18(10-14(17)19)13-9-11(2)12(3)15-16-13/h9H,4-8,10H2,1-3H3. The lowest BCUT2D eigenvalue weighted by atomic mass is 10.2. The maximum Gasteiger partial charge on any atom is 0.242 e. The van der Waals surface area contributed by atoms with Gasteiger partial charge in [-0.25, -0.2) is 0 Å². The molecule has 104 valence electrons. The summed E-state index contributed by atoms with van der Waals surface area (Å²) in [5, 5.41) is 8.36. The highest BCUT2D eigenvalue weighted by molar-refractivity contribution is 5.81. The molecule has 5 nitrogen and oxygen atoms in total. The van der Waals surface area contributed by atoms with Crippen molar-refractivity contribution in [2.75, 3.05) is 31.1 Å². The number of carbonyl (C=O) groups is 1. The Morgan fingerprint density at radius 1 is 1.26 bits per heavy atom. The van der Waals surface area contributed by atoms with Crippen molar-refractivity contribution < 1.29 is 4.79 Å². The molecule has 1 saturated heterocycles. The lowest BCUT2D eigenvalue weighted by molar-refractivity contribution is -0.129. The monoisotopic (exact) mass is 262 g/mol. The van der Waals surface area contributed by atoms with Gasteiger partial charge in [0.1, 0.15) is 0 Å². The topological polar surface area (TPSA) is 49.3 Å². The van der Waals surface area contributed by atoms with Crippen molar-refractivity contribution in [2.45, 2.75) is 33.6 Å². The van der Waals surface area contributed by atoms with Crippen molar-refractivity contribution in [3.05, 3.63) is 17.3 Å². The molecule has 1 aliphatic heterocycles. The van der Waals surface area contributed by atoms with E-state index in [1.165, 1.54) is 0 Å². The van der Waals surface area contributed by atoms with Crippen LogP contribution in [0.15, 0.2) is 6.07 Å². The van der Waals surface area contributed by atoms with Crippen molar-refractivity contribution in [3.63, 3.8) is 0 Å². The largest absolute Gasteiger partial charge is 0.346 e. The summed E-state index contributed by atoms with van der Waals surface area (Å²) in [6, 6.07) is 2.02. The van der Waals surface area contributed by atoms with Crippen LogP contribution in [-0.2, 0) is 4.79 Å². The molecule has 0 aromatic carbocycles. The van der Waals surface area contributed by atoms with Crippen LogP contribution in [0.2, 0.25) is 0 Å². The minimum Gasteiger partial charge on any atom is -0.346 e.